The number of alkyl halides is 2. The number of benzene rings is 1. The number of ether oxygens (including phenoxy) is 2. The summed E-state index contributed by atoms with van der Waals surface area (Å²) in [5, 5.41) is 2.32. The van der Waals surface area contributed by atoms with Crippen molar-refractivity contribution in [1.29, 1.82) is 0 Å². The van der Waals surface area contributed by atoms with Crippen LogP contribution >= 0.6 is 0 Å². The highest BCUT2D eigenvalue weighted by Gasteiger charge is 2.40. The fourth-order valence-corrected chi connectivity index (χ4v) is 5.75. The minimum Gasteiger partial charge on any atom is -0.489 e. The minimum absolute atomic E-state index is 0.00559. The van der Waals surface area contributed by atoms with Gasteiger partial charge < -0.3 is 14.4 Å². The molecule has 0 spiro atoms. The van der Waals surface area contributed by atoms with Crippen LogP contribution in [0.15, 0.2) is 18.2 Å². The van der Waals surface area contributed by atoms with Crippen molar-refractivity contribution in [2.24, 2.45) is 0 Å². The largest absolute Gasteiger partial charge is 0.489 e. The van der Waals surface area contributed by atoms with Gasteiger partial charge in [-0.25, -0.2) is 0 Å². The Bertz CT molecular complexity index is 966. The van der Waals surface area contributed by atoms with Gasteiger partial charge in [-0.05, 0) is 62.3 Å². The molecular formula is C24H29F2N3O5. The van der Waals surface area contributed by atoms with Crippen molar-refractivity contribution in [2.75, 3.05) is 13.1 Å². The zero-order valence-electron chi connectivity index (χ0n) is 18.9. The summed E-state index contributed by atoms with van der Waals surface area (Å²) in [6, 6.07) is 5.00. The second kappa shape index (κ2) is 9.58. The summed E-state index contributed by atoms with van der Waals surface area (Å²) >= 11 is 0. The van der Waals surface area contributed by atoms with Gasteiger partial charge >= 0.3 is 6.61 Å². The maximum Gasteiger partial charge on any atom is 0.345 e. The number of nitrogens with zero attached hydrogens (tertiary/aromatic N) is 2. The summed E-state index contributed by atoms with van der Waals surface area (Å²) in [6.07, 6.45) is 4.28. The Balaban J connectivity index is 1.22. The predicted molar refractivity (Wildman–Crippen MR) is 116 cm³/mol. The van der Waals surface area contributed by atoms with Gasteiger partial charge in [-0.15, -0.1) is 0 Å². The summed E-state index contributed by atoms with van der Waals surface area (Å²) in [6.45, 7) is -0.997. The molecule has 0 radical (unpaired) electrons. The summed E-state index contributed by atoms with van der Waals surface area (Å²) < 4.78 is 36.0. The van der Waals surface area contributed by atoms with Crippen LogP contribution in [0.25, 0.3) is 0 Å². The SMILES string of the molecule is O=C1CCC(N2Cc3cc(O[C@H]4CCC[C@H]4N4CCC(OC(F)F)CC4)ccc3C2=O)C(=O)N1. The molecule has 0 aromatic heterocycles. The topological polar surface area (TPSA) is 88.2 Å². The fourth-order valence-electron chi connectivity index (χ4n) is 5.75. The third kappa shape index (κ3) is 4.65. The quantitative estimate of drug-likeness (QED) is 0.634. The molecule has 4 aliphatic rings. The van der Waals surface area contributed by atoms with Crippen molar-refractivity contribution in [3.8, 4) is 5.75 Å². The highest BCUT2D eigenvalue weighted by atomic mass is 19.3. The second-order valence-corrected chi connectivity index (χ2v) is 9.51. The summed E-state index contributed by atoms with van der Waals surface area (Å²) in [7, 11) is 0. The molecule has 34 heavy (non-hydrogen) atoms. The first-order valence-electron chi connectivity index (χ1n) is 12.0. The van der Waals surface area contributed by atoms with Gasteiger partial charge in [0, 0.05) is 37.7 Å². The van der Waals surface area contributed by atoms with E-state index in [1.54, 1.807) is 12.1 Å². The van der Waals surface area contributed by atoms with Crippen LogP contribution in [-0.4, -0.2) is 71.5 Å². The Labute approximate surface area is 196 Å². The van der Waals surface area contributed by atoms with Gasteiger partial charge in [0.25, 0.3) is 5.91 Å². The fraction of sp³-hybridized carbons (Fsp3) is 0.625. The first kappa shape index (κ1) is 23.2. The van der Waals surface area contributed by atoms with Gasteiger partial charge in [0.15, 0.2) is 0 Å². The highest BCUT2D eigenvalue weighted by molar-refractivity contribution is 6.05. The van der Waals surface area contributed by atoms with E-state index in [4.69, 9.17) is 4.74 Å². The van der Waals surface area contributed by atoms with E-state index in [1.165, 1.54) is 4.90 Å². The van der Waals surface area contributed by atoms with Crippen molar-refractivity contribution in [1.82, 2.24) is 15.1 Å². The van der Waals surface area contributed by atoms with Crippen molar-refractivity contribution in [2.45, 2.75) is 82.4 Å². The first-order valence-corrected chi connectivity index (χ1v) is 12.0. The van der Waals surface area contributed by atoms with Crippen molar-refractivity contribution < 1.29 is 32.6 Å². The molecule has 3 amide bonds. The number of hydrogen-bond donors (Lipinski definition) is 1. The second-order valence-electron chi connectivity index (χ2n) is 9.51. The summed E-state index contributed by atoms with van der Waals surface area (Å²) in [5.74, 6) is -0.253. The number of carbonyl (C=O) groups is 3. The number of likely N-dealkylation sites (tertiary alicyclic amines) is 1. The Kier molecular flexibility index (Phi) is 6.52. The lowest BCUT2D eigenvalue weighted by Gasteiger charge is -2.38. The van der Waals surface area contributed by atoms with Gasteiger partial charge in [-0.1, -0.05) is 0 Å². The highest BCUT2D eigenvalue weighted by Crippen LogP contribution is 2.34. The molecule has 5 rings (SSSR count). The van der Waals surface area contributed by atoms with Crippen LogP contribution in [0, 0.1) is 0 Å². The zero-order chi connectivity index (χ0) is 23.8. The third-order valence-electron chi connectivity index (χ3n) is 7.44. The molecule has 3 aliphatic heterocycles. The van der Waals surface area contributed by atoms with Crippen molar-refractivity contribution >= 4 is 17.7 Å². The van der Waals surface area contributed by atoms with Crippen molar-refractivity contribution in [3.05, 3.63) is 29.3 Å². The molecule has 1 saturated carbocycles. The van der Waals surface area contributed by atoms with Crippen LogP contribution in [0.3, 0.4) is 0 Å². The lowest BCUT2D eigenvalue weighted by molar-refractivity contribution is -0.174. The molecule has 2 saturated heterocycles. The smallest absolute Gasteiger partial charge is 0.345 e. The van der Waals surface area contributed by atoms with Crippen LogP contribution in [0.5, 0.6) is 5.75 Å². The predicted octanol–water partition coefficient (Wildman–Crippen LogP) is 2.45. The van der Waals surface area contributed by atoms with E-state index in [-0.39, 0.29) is 30.4 Å². The number of halogens is 2. The van der Waals surface area contributed by atoms with Gasteiger partial charge in [-0.3, -0.25) is 24.6 Å². The van der Waals surface area contributed by atoms with Gasteiger partial charge in [0.2, 0.25) is 11.8 Å². The third-order valence-corrected chi connectivity index (χ3v) is 7.44. The van der Waals surface area contributed by atoms with Crippen LogP contribution in [0.2, 0.25) is 0 Å². The van der Waals surface area contributed by atoms with Crippen LogP contribution in [0.4, 0.5) is 8.78 Å². The zero-order valence-corrected chi connectivity index (χ0v) is 18.9. The average Bonchev–Trinajstić information content (AvgIpc) is 3.38. The number of imide groups is 1. The Morgan fingerprint density at radius 2 is 1.82 bits per heavy atom. The maximum absolute atomic E-state index is 12.9. The number of amides is 3. The normalized spacial score (nSPS) is 28.5. The number of piperidine rings is 2. The first-order chi connectivity index (χ1) is 16.4. The van der Waals surface area contributed by atoms with E-state index in [2.05, 4.69) is 15.0 Å². The molecule has 1 aromatic carbocycles. The van der Waals surface area contributed by atoms with E-state index in [0.717, 1.165) is 24.8 Å². The molecule has 1 N–H and O–H groups in total. The van der Waals surface area contributed by atoms with Gasteiger partial charge in [0.05, 0.1) is 6.10 Å². The molecule has 8 nitrogen and oxygen atoms in total. The molecule has 10 heteroatoms. The summed E-state index contributed by atoms with van der Waals surface area (Å²) in [4.78, 5) is 40.4. The lowest BCUT2D eigenvalue weighted by Crippen LogP contribution is -2.52. The Morgan fingerprint density at radius 1 is 1.03 bits per heavy atom. The maximum atomic E-state index is 12.9. The van der Waals surface area contributed by atoms with Gasteiger partial charge in [-0.2, -0.15) is 8.78 Å². The van der Waals surface area contributed by atoms with Crippen LogP contribution in [-0.2, 0) is 20.9 Å². The molecule has 1 unspecified atom stereocenters. The molecular weight excluding hydrogens is 448 g/mol. The molecule has 3 fully saturated rings. The average molecular weight is 478 g/mol. The van der Waals surface area contributed by atoms with E-state index in [0.29, 0.717) is 50.2 Å². The molecule has 1 aliphatic carbocycles. The Morgan fingerprint density at radius 3 is 2.56 bits per heavy atom. The van der Waals surface area contributed by atoms with Crippen LogP contribution in [0.1, 0.15) is 60.9 Å². The van der Waals surface area contributed by atoms with Crippen LogP contribution < -0.4 is 10.1 Å². The van der Waals surface area contributed by atoms with E-state index < -0.39 is 24.7 Å². The molecule has 184 valence electrons. The number of nitrogens with one attached hydrogen (secondary N) is 1. The molecule has 3 atom stereocenters. The molecule has 0 bridgehead atoms. The number of rotatable bonds is 6. The molecule has 1 aromatic rings. The number of hydrogen-bond acceptors (Lipinski definition) is 6. The minimum atomic E-state index is -2.73. The van der Waals surface area contributed by atoms with Gasteiger partial charge in [0.1, 0.15) is 17.9 Å². The standard InChI is InChI=1S/C24H29F2N3O5/c25-24(26)34-15-8-10-28(11-9-15)18-2-1-3-20(18)33-16-4-5-17-14(12-16)13-29(23(17)32)19-6-7-21(30)27-22(19)31/h4-5,12,15,18-20,24H,1-3,6-11,13H2,(H,27,30,31)/t18-,19?,20+/m1/s1. The lowest BCUT2D eigenvalue weighted by atomic mass is 10.0. The van der Waals surface area contributed by atoms with Crippen molar-refractivity contribution in [3.63, 3.8) is 0 Å². The monoisotopic (exact) mass is 477 g/mol. The van der Waals surface area contributed by atoms with E-state index >= 15 is 0 Å². The summed E-state index contributed by atoms with van der Waals surface area (Å²) in [5.41, 5.74) is 1.37. The van der Waals surface area contributed by atoms with E-state index in [1.807, 2.05) is 6.07 Å². The molecule has 3 heterocycles. The Hall–Kier alpha value is -2.59. The number of carbonyl (C=O) groups excluding carboxylic acids is 3. The van der Waals surface area contributed by atoms with E-state index in [9.17, 15) is 23.2 Å². The number of fused-ring (bicyclic) bond motifs is 1.